The average molecular weight is 585 g/mol. The second kappa shape index (κ2) is 12.9. The van der Waals surface area contributed by atoms with Crippen molar-refractivity contribution in [1.29, 1.82) is 0 Å². The predicted octanol–water partition coefficient (Wildman–Crippen LogP) is 1.43. The second-order valence-corrected chi connectivity index (χ2v) is 13.3. The molecule has 2 fully saturated rings. The van der Waals surface area contributed by atoms with E-state index in [1.165, 1.54) is 15.5 Å². The van der Waals surface area contributed by atoms with Gasteiger partial charge in [0.2, 0.25) is 11.8 Å². The van der Waals surface area contributed by atoms with Crippen molar-refractivity contribution in [2.24, 2.45) is 22.5 Å². The maximum Gasteiger partial charge on any atom is 0.315 e. The van der Waals surface area contributed by atoms with Gasteiger partial charge in [0.25, 0.3) is 17.2 Å². The van der Waals surface area contributed by atoms with Gasteiger partial charge in [-0.15, -0.1) is 0 Å². The minimum absolute atomic E-state index is 0.0929. The number of carbonyl (C=O) groups is 5. The van der Waals surface area contributed by atoms with Crippen LogP contribution in [0.1, 0.15) is 67.2 Å². The SMILES string of the molecule is CC(C)(C)[C@H](NC(=O)N[C@H](Cn1ccccc1=O)C(C)(C)C)C(=O)N1CCC[C@H]1C(=O)N/C(=C/C1CC1)C(=O)C(N)=O. The van der Waals surface area contributed by atoms with Gasteiger partial charge in [-0.2, -0.15) is 0 Å². The molecule has 42 heavy (non-hydrogen) atoms. The molecule has 12 nitrogen and oxygen atoms in total. The quantitative estimate of drug-likeness (QED) is 0.239. The van der Waals surface area contributed by atoms with E-state index in [1.54, 1.807) is 24.4 Å². The highest BCUT2D eigenvalue weighted by Gasteiger charge is 2.43. The molecule has 0 aromatic carbocycles. The van der Waals surface area contributed by atoms with Gasteiger partial charge in [-0.3, -0.25) is 24.0 Å². The number of amides is 5. The Labute approximate surface area is 246 Å². The Balaban J connectivity index is 1.76. The molecule has 1 aliphatic heterocycles. The summed E-state index contributed by atoms with van der Waals surface area (Å²) in [7, 11) is 0. The third-order valence-electron chi connectivity index (χ3n) is 7.61. The monoisotopic (exact) mass is 584 g/mol. The molecule has 1 aromatic rings. The molecule has 1 saturated carbocycles. The molecule has 1 aliphatic carbocycles. The number of primary amides is 1. The molecule has 230 valence electrons. The van der Waals surface area contributed by atoms with Crippen LogP contribution in [0.4, 0.5) is 4.79 Å². The van der Waals surface area contributed by atoms with Gasteiger partial charge in [0.15, 0.2) is 0 Å². The fourth-order valence-electron chi connectivity index (χ4n) is 4.81. The molecule has 12 heteroatoms. The summed E-state index contributed by atoms with van der Waals surface area (Å²) in [6.07, 6.45) is 5.81. The van der Waals surface area contributed by atoms with E-state index in [0.29, 0.717) is 19.4 Å². The third-order valence-corrected chi connectivity index (χ3v) is 7.61. The summed E-state index contributed by atoms with van der Waals surface area (Å²) in [4.78, 5) is 78.0. The van der Waals surface area contributed by atoms with E-state index in [-0.39, 0.29) is 23.7 Å². The van der Waals surface area contributed by atoms with Gasteiger partial charge in [-0.1, -0.05) is 53.7 Å². The summed E-state index contributed by atoms with van der Waals surface area (Å²) < 4.78 is 1.52. The van der Waals surface area contributed by atoms with Gasteiger partial charge in [0, 0.05) is 25.4 Å². The Hall–Kier alpha value is -3.96. The summed E-state index contributed by atoms with van der Waals surface area (Å²) in [5.74, 6) is -3.08. The van der Waals surface area contributed by atoms with Crippen molar-refractivity contribution < 1.29 is 24.0 Å². The Morgan fingerprint density at radius 1 is 1.00 bits per heavy atom. The number of rotatable bonds is 10. The van der Waals surface area contributed by atoms with Crippen molar-refractivity contribution in [2.75, 3.05) is 6.54 Å². The largest absolute Gasteiger partial charge is 0.363 e. The van der Waals surface area contributed by atoms with Crippen LogP contribution in [0.25, 0.3) is 0 Å². The Bertz CT molecular complexity index is 1300. The maximum absolute atomic E-state index is 13.9. The van der Waals surface area contributed by atoms with Crippen LogP contribution < -0.4 is 27.2 Å². The number of ketones is 1. The number of aromatic nitrogens is 1. The maximum atomic E-state index is 13.9. The topological polar surface area (TPSA) is 173 Å². The van der Waals surface area contributed by atoms with Crippen molar-refractivity contribution in [1.82, 2.24) is 25.4 Å². The van der Waals surface area contributed by atoms with Gasteiger partial charge < -0.3 is 31.2 Å². The molecule has 3 atom stereocenters. The van der Waals surface area contributed by atoms with Gasteiger partial charge in [0.05, 0.1) is 11.7 Å². The smallest absolute Gasteiger partial charge is 0.315 e. The molecule has 2 aliphatic rings. The highest BCUT2D eigenvalue weighted by molar-refractivity contribution is 6.42. The molecule has 1 saturated heterocycles. The van der Waals surface area contributed by atoms with Crippen molar-refractivity contribution >= 4 is 29.5 Å². The number of allylic oxidation sites excluding steroid dienone is 1. The number of hydrogen-bond acceptors (Lipinski definition) is 6. The molecule has 0 bridgehead atoms. The van der Waals surface area contributed by atoms with Crippen LogP contribution >= 0.6 is 0 Å². The molecule has 2 heterocycles. The van der Waals surface area contributed by atoms with Crippen LogP contribution in [0.5, 0.6) is 0 Å². The van der Waals surface area contributed by atoms with Crippen LogP contribution in [-0.4, -0.2) is 63.7 Å². The lowest BCUT2D eigenvalue weighted by Gasteiger charge is -2.37. The normalized spacial score (nSPS) is 19.0. The van der Waals surface area contributed by atoms with E-state index in [4.69, 9.17) is 5.73 Å². The van der Waals surface area contributed by atoms with Gasteiger partial charge >= 0.3 is 6.03 Å². The van der Waals surface area contributed by atoms with E-state index >= 15 is 0 Å². The predicted molar refractivity (Wildman–Crippen MR) is 157 cm³/mol. The Kier molecular flexibility index (Phi) is 10.0. The number of likely N-dealkylation sites (tertiary alicyclic amines) is 1. The zero-order valence-corrected chi connectivity index (χ0v) is 25.4. The van der Waals surface area contributed by atoms with E-state index in [2.05, 4.69) is 16.0 Å². The van der Waals surface area contributed by atoms with Crippen LogP contribution in [0.2, 0.25) is 0 Å². The fraction of sp³-hybridized carbons (Fsp3) is 0.600. The van der Waals surface area contributed by atoms with Crippen LogP contribution in [0, 0.1) is 16.7 Å². The molecule has 5 N–H and O–H groups in total. The number of Topliss-reactive ketones (excluding diaryl/α,β-unsaturated/α-hetero) is 1. The van der Waals surface area contributed by atoms with Gasteiger partial charge in [-0.05, 0) is 48.5 Å². The summed E-state index contributed by atoms with van der Waals surface area (Å²) in [6, 6.07) is 1.95. The number of nitrogens with two attached hydrogens (primary N) is 1. The number of hydrogen-bond donors (Lipinski definition) is 4. The molecule has 3 rings (SSSR count). The van der Waals surface area contributed by atoms with Crippen LogP contribution in [0.3, 0.4) is 0 Å². The zero-order valence-electron chi connectivity index (χ0n) is 25.4. The number of nitrogens with zero attached hydrogens (tertiary/aromatic N) is 2. The minimum atomic E-state index is -1.17. The van der Waals surface area contributed by atoms with Crippen molar-refractivity contribution in [3.05, 3.63) is 46.5 Å². The highest BCUT2D eigenvalue weighted by atomic mass is 16.2. The summed E-state index contributed by atoms with van der Waals surface area (Å²) in [6.45, 7) is 11.8. The first-order chi connectivity index (χ1) is 19.5. The van der Waals surface area contributed by atoms with Crippen molar-refractivity contribution in [3.8, 4) is 0 Å². The lowest BCUT2D eigenvalue weighted by Crippen LogP contribution is -2.61. The summed E-state index contributed by atoms with van der Waals surface area (Å²) in [5.41, 5.74) is 3.69. The molecule has 0 unspecified atom stereocenters. The first kappa shape index (κ1) is 32.6. The zero-order chi connectivity index (χ0) is 31.4. The summed E-state index contributed by atoms with van der Waals surface area (Å²) in [5, 5.41) is 8.29. The molecular formula is C30H44N6O6. The Morgan fingerprint density at radius 3 is 2.21 bits per heavy atom. The van der Waals surface area contributed by atoms with Gasteiger partial charge in [0.1, 0.15) is 12.1 Å². The van der Waals surface area contributed by atoms with Crippen LogP contribution in [0.15, 0.2) is 41.0 Å². The van der Waals surface area contributed by atoms with E-state index in [1.807, 2.05) is 41.5 Å². The second-order valence-electron chi connectivity index (χ2n) is 13.3. The first-order valence-electron chi connectivity index (χ1n) is 14.4. The van der Waals surface area contributed by atoms with E-state index in [9.17, 15) is 28.8 Å². The molecule has 1 aromatic heterocycles. The van der Waals surface area contributed by atoms with Crippen LogP contribution in [-0.2, 0) is 25.7 Å². The van der Waals surface area contributed by atoms with E-state index in [0.717, 1.165) is 12.8 Å². The number of urea groups is 1. The minimum Gasteiger partial charge on any atom is -0.363 e. The fourth-order valence-corrected chi connectivity index (χ4v) is 4.81. The Morgan fingerprint density at radius 2 is 1.67 bits per heavy atom. The molecule has 5 amide bonds. The first-order valence-corrected chi connectivity index (χ1v) is 14.4. The average Bonchev–Trinajstić information content (AvgIpc) is 3.56. The summed E-state index contributed by atoms with van der Waals surface area (Å²) >= 11 is 0. The number of pyridine rings is 1. The highest BCUT2D eigenvalue weighted by Crippen LogP contribution is 2.31. The molecular weight excluding hydrogens is 540 g/mol. The number of carbonyl (C=O) groups excluding carboxylic acids is 5. The van der Waals surface area contributed by atoms with E-state index < -0.39 is 58.5 Å². The van der Waals surface area contributed by atoms with Crippen molar-refractivity contribution in [3.63, 3.8) is 0 Å². The molecule has 0 radical (unpaired) electrons. The number of nitrogens with one attached hydrogen (secondary N) is 3. The lowest BCUT2D eigenvalue weighted by molar-refractivity contribution is -0.141. The van der Waals surface area contributed by atoms with Crippen molar-refractivity contribution in [2.45, 2.75) is 91.9 Å². The van der Waals surface area contributed by atoms with Gasteiger partial charge in [-0.25, -0.2) is 4.79 Å². The molecule has 0 spiro atoms. The lowest BCUT2D eigenvalue weighted by atomic mass is 9.85. The third kappa shape index (κ3) is 8.53. The standard InChI is InChI=1S/C30H44N6O6/c1-29(2,3)21(17-35-14-8-7-11-22(35)37)33-28(42)34-24(30(4,5)6)27(41)36-15-9-10-20(36)26(40)32-19(16-18-12-13-18)23(38)25(31)39/h7-8,11,14,16,18,20-21,24H,9-10,12-13,15,17H2,1-6H3,(H2,31,39)(H,32,40)(H2,33,34,42)/b19-16+/t20-,21+,24+/m0/s1.